The number of benzene rings is 1. The van der Waals surface area contributed by atoms with E-state index in [0.29, 0.717) is 6.04 Å². The maximum atomic E-state index is 12.9. The minimum atomic E-state index is -0.346. The molecule has 1 aliphatic carbocycles. The maximum Gasteiger partial charge on any atom is 0.141 e. The Labute approximate surface area is 94.6 Å². The molecule has 3 heteroatoms. The molecule has 1 fully saturated rings. The first-order chi connectivity index (χ1) is 7.25. The lowest BCUT2D eigenvalue weighted by Crippen LogP contribution is -2.25. The highest BCUT2D eigenvalue weighted by atomic mass is 35.5. The Morgan fingerprint density at radius 2 is 2.07 bits per heavy atom. The summed E-state index contributed by atoms with van der Waals surface area (Å²) in [7, 11) is 0. The fourth-order valence-corrected chi connectivity index (χ4v) is 2.24. The molecular formula is C12H15ClFN. The van der Waals surface area contributed by atoms with Crippen molar-refractivity contribution in [3.63, 3.8) is 0 Å². The van der Waals surface area contributed by atoms with Crippen LogP contribution in [0.4, 0.5) is 4.39 Å². The molecule has 0 bridgehead atoms. The Hall–Kier alpha value is -0.600. The van der Waals surface area contributed by atoms with E-state index in [-0.39, 0.29) is 10.8 Å². The fourth-order valence-electron chi connectivity index (χ4n) is 2.04. The Kier molecular flexibility index (Phi) is 3.60. The van der Waals surface area contributed by atoms with Crippen LogP contribution in [0.25, 0.3) is 0 Å². The lowest BCUT2D eigenvalue weighted by Gasteiger charge is -2.11. The summed E-state index contributed by atoms with van der Waals surface area (Å²) in [5.41, 5.74) is 1.05. The van der Waals surface area contributed by atoms with E-state index in [1.165, 1.54) is 31.7 Å². The van der Waals surface area contributed by atoms with Crippen molar-refractivity contribution in [2.45, 2.75) is 38.3 Å². The maximum absolute atomic E-state index is 12.9. The van der Waals surface area contributed by atoms with E-state index >= 15 is 0 Å². The number of nitrogens with one attached hydrogen (secondary N) is 1. The van der Waals surface area contributed by atoms with Crippen molar-refractivity contribution in [1.29, 1.82) is 0 Å². The molecule has 0 spiro atoms. The van der Waals surface area contributed by atoms with Gasteiger partial charge in [0, 0.05) is 12.6 Å². The summed E-state index contributed by atoms with van der Waals surface area (Å²) in [6.07, 6.45) is 5.16. The van der Waals surface area contributed by atoms with Crippen LogP contribution in [-0.4, -0.2) is 6.04 Å². The first-order valence-corrected chi connectivity index (χ1v) is 5.81. The van der Waals surface area contributed by atoms with Crippen molar-refractivity contribution in [2.75, 3.05) is 0 Å². The molecule has 1 N–H and O–H groups in total. The average Bonchev–Trinajstić information content (AvgIpc) is 2.73. The van der Waals surface area contributed by atoms with Gasteiger partial charge in [0.2, 0.25) is 0 Å². The number of halogens is 2. The Morgan fingerprint density at radius 1 is 1.33 bits per heavy atom. The third kappa shape index (κ3) is 2.93. The van der Waals surface area contributed by atoms with E-state index < -0.39 is 0 Å². The first-order valence-electron chi connectivity index (χ1n) is 5.43. The third-order valence-corrected chi connectivity index (χ3v) is 3.22. The van der Waals surface area contributed by atoms with Crippen LogP contribution in [0.2, 0.25) is 5.02 Å². The molecule has 0 aromatic heterocycles. The second-order valence-corrected chi connectivity index (χ2v) is 4.52. The van der Waals surface area contributed by atoms with Crippen LogP contribution in [0.3, 0.4) is 0 Å². The summed E-state index contributed by atoms with van der Waals surface area (Å²) in [5.74, 6) is -0.346. The van der Waals surface area contributed by atoms with Gasteiger partial charge in [-0.3, -0.25) is 0 Å². The van der Waals surface area contributed by atoms with Crippen molar-refractivity contribution < 1.29 is 4.39 Å². The molecule has 1 nitrogen and oxygen atoms in total. The summed E-state index contributed by atoms with van der Waals surface area (Å²) in [4.78, 5) is 0. The standard InChI is InChI=1S/C12H15ClFN/c13-11-7-9(5-6-12(11)14)8-15-10-3-1-2-4-10/h5-7,10,15H,1-4,8H2. The van der Waals surface area contributed by atoms with Crippen LogP contribution in [0.5, 0.6) is 0 Å². The Balaban J connectivity index is 1.90. The Morgan fingerprint density at radius 3 is 2.73 bits per heavy atom. The molecule has 1 saturated carbocycles. The van der Waals surface area contributed by atoms with E-state index in [1.54, 1.807) is 12.1 Å². The van der Waals surface area contributed by atoms with Gasteiger partial charge in [0.25, 0.3) is 0 Å². The van der Waals surface area contributed by atoms with Crippen molar-refractivity contribution in [2.24, 2.45) is 0 Å². The van der Waals surface area contributed by atoms with Crippen molar-refractivity contribution in [3.05, 3.63) is 34.6 Å². The average molecular weight is 228 g/mol. The topological polar surface area (TPSA) is 12.0 Å². The highest BCUT2D eigenvalue weighted by Gasteiger charge is 2.13. The monoisotopic (exact) mass is 227 g/mol. The minimum Gasteiger partial charge on any atom is -0.310 e. The van der Waals surface area contributed by atoms with Gasteiger partial charge in [-0.05, 0) is 30.5 Å². The molecule has 0 amide bonds. The molecule has 0 heterocycles. The van der Waals surface area contributed by atoms with E-state index in [2.05, 4.69) is 5.32 Å². The lowest BCUT2D eigenvalue weighted by atomic mass is 10.2. The summed E-state index contributed by atoms with van der Waals surface area (Å²) in [5, 5.41) is 3.67. The van der Waals surface area contributed by atoms with Crippen LogP contribution in [0, 0.1) is 5.82 Å². The molecule has 1 aromatic carbocycles. The summed E-state index contributed by atoms with van der Waals surface area (Å²) >= 11 is 5.71. The summed E-state index contributed by atoms with van der Waals surface area (Å²) in [6.45, 7) is 0.782. The van der Waals surface area contributed by atoms with Gasteiger partial charge in [-0.1, -0.05) is 30.5 Å². The third-order valence-electron chi connectivity index (χ3n) is 2.93. The van der Waals surface area contributed by atoms with Gasteiger partial charge < -0.3 is 5.32 Å². The zero-order valence-corrected chi connectivity index (χ0v) is 9.36. The molecular weight excluding hydrogens is 213 g/mol. The quantitative estimate of drug-likeness (QED) is 0.833. The molecule has 1 aromatic rings. The van der Waals surface area contributed by atoms with Gasteiger partial charge in [0.1, 0.15) is 5.82 Å². The smallest absolute Gasteiger partial charge is 0.141 e. The molecule has 2 rings (SSSR count). The van der Waals surface area contributed by atoms with Crippen molar-refractivity contribution in [3.8, 4) is 0 Å². The number of hydrogen-bond acceptors (Lipinski definition) is 1. The van der Waals surface area contributed by atoms with Gasteiger partial charge in [-0.25, -0.2) is 4.39 Å². The van der Waals surface area contributed by atoms with Crippen LogP contribution in [-0.2, 0) is 6.54 Å². The van der Waals surface area contributed by atoms with Gasteiger partial charge >= 0.3 is 0 Å². The highest BCUT2D eigenvalue weighted by Crippen LogP contribution is 2.19. The molecule has 0 aliphatic heterocycles. The van der Waals surface area contributed by atoms with E-state index in [0.717, 1.165) is 12.1 Å². The van der Waals surface area contributed by atoms with Gasteiger partial charge in [0.15, 0.2) is 0 Å². The number of hydrogen-bond donors (Lipinski definition) is 1. The van der Waals surface area contributed by atoms with Crippen molar-refractivity contribution in [1.82, 2.24) is 5.32 Å². The summed E-state index contributed by atoms with van der Waals surface area (Å²) < 4.78 is 12.9. The predicted molar refractivity (Wildman–Crippen MR) is 60.5 cm³/mol. The van der Waals surface area contributed by atoms with E-state index in [9.17, 15) is 4.39 Å². The zero-order valence-electron chi connectivity index (χ0n) is 8.60. The zero-order chi connectivity index (χ0) is 10.7. The van der Waals surface area contributed by atoms with Crippen LogP contribution in [0.1, 0.15) is 31.2 Å². The molecule has 0 radical (unpaired) electrons. The number of rotatable bonds is 3. The molecule has 0 saturated heterocycles. The predicted octanol–water partition coefficient (Wildman–Crippen LogP) is 3.51. The highest BCUT2D eigenvalue weighted by molar-refractivity contribution is 6.30. The first kappa shape index (κ1) is 10.9. The lowest BCUT2D eigenvalue weighted by molar-refractivity contribution is 0.523. The van der Waals surface area contributed by atoms with E-state index in [4.69, 9.17) is 11.6 Å². The molecule has 82 valence electrons. The molecule has 0 atom stereocenters. The van der Waals surface area contributed by atoms with Crippen LogP contribution in [0.15, 0.2) is 18.2 Å². The SMILES string of the molecule is Fc1ccc(CNC2CCCC2)cc1Cl. The minimum absolute atomic E-state index is 0.209. The molecule has 0 unspecified atom stereocenters. The molecule has 15 heavy (non-hydrogen) atoms. The van der Waals surface area contributed by atoms with E-state index in [1.807, 2.05) is 0 Å². The summed E-state index contributed by atoms with van der Waals surface area (Å²) in [6, 6.07) is 5.53. The second-order valence-electron chi connectivity index (χ2n) is 4.11. The largest absolute Gasteiger partial charge is 0.310 e. The normalized spacial score (nSPS) is 17.2. The fraction of sp³-hybridized carbons (Fsp3) is 0.500. The van der Waals surface area contributed by atoms with Gasteiger partial charge in [0.05, 0.1) is 5.02 Å². The van der Waals surface area contributed by atoms with Crippen LogP contribution < -0.4 is 5.32 Å². The van der Waals surface area contributed by atoms with Crippen molar-refractivity contribution >= 4 is 11.6 Å². The van der Waals surface area contributed by atoms with Gasteiger partial charge in [-0.2, -0.15) is 0 Å². The van der Waals surface area contributed by atoms with Crippen LogP contribution >= 0.6 is 11.6 Å². The Bertz CT molecular complexity index is 334. The second kappa shape index (κ2) is 4.95. The van der Waals surface area contributed by atoms with Gasteiger partial charge in [-0.15, -0.1) is 0 Å². The molecule has 1 aliphatic rings.